The molecule has 0 radical (unpaired) electrons. The summed E-state index contributed by atoms with van der Waals surface area (Å²) in [6, 6.07) is 8.00. The maximum atomic E-state index is 12.3. The fourth-order valence-corrected chi connectivity index (χ4v) is 3.33. The monoisotopic (exact) mass is 315 g/mol. The summed E-state index contributed by atoms with van der Waals surface area (Å²) in [5, 5.41) is 0. The van der Waals surface area contributed by atoms with E-state index in [1.54, 1.807) is 6.92 Å². The Kier molecular flexibility index (Phi) is 4.96. The molecule has 0 saturated carbocycles. The lowest BCUT2D eigenvalue weighted by Gasteiger charge is -2.34. The fraction of sp³-hybridized carbons (Fsp3) is 0.556. The van der Waals surface area contributed by atoms with Crippen molar-refractivity contribution in [2.45, 2.75) is 26.3 Å². The standard InChI is InChI=1S/C18H25N3O2/c1-15(22)20-12-10-19(11-13-20)14-16-4-6-17(7-5-16)18(23)21-8-2-3-9-21/h4-7H,2-3,8-14H2,1H3. The maximum absolute atomic E-state index is 12.3. The number of benzene rings is 1. The smallest absolute Gasteiger partial charge is 0.253 e. The van der Waals surface area contributed by atoms with Crippen LogP contribution in [0, 0.1) is 0 Å². The predicted octanol–water partition coefficient (Wildman–Crippen LogP) is 1.59. The van der Waals surface area contributed by atoms with Crippen LogP contribution < -0.4 is 0 Å². The van der Waals surface area contributed by atoms with Crippen molar-refractivity contribution in [3.8, 4) is 0 Å². The Labute approximate surface area is 137 Å². The molecule has 2 saturated heterocycles. The largest absolute Gasteiger partial charge is 0.340 e. The summed E-state index contributed by atoms with van der Waals surface area (Å²) in [6.45, 7) is 7.72. The molecule has 5 heteroatoms. The van der Waals surface area contributed by atoms with Crippen molar-refractivity contribution >= 4 is 11.8 Å². The van der Waals surface area contributed by atoms with Crippen LogP contribution in [0.15, 0.2) is 24.3 Å². The molecule has 0 aromatic heterocycles. The first-order valence-corrected chi connectivity index (χ1v) is 8.49. The molecule has 1 aromatic rings. The quantitative estimate of drug-likeness (QED) is 0.851. The van der Waals surface area contributed by atoms with Gasteiger partial charge in [-0.15, -0.1) is 0 Å². The third-order valence-electron chi connectivity index (χ3n) is 4.82. The molecule has 0 bridgehead atoms. The van der Waals surface area contributed by atoms with Gasteiger partial charge in [-0.3, -0.25) is 14.5 Å². The average Bonchev–Trinajstić information content (AvgIpc) is 3.10. The minimum absolute atomic E-state index is 0.157. The van der Waals surface area contributed by atoms with Gasteiger partial charge in [0.25, 0.3) is 5.91 Å². The molecular formula is C18H25N3O2. The summed E-state index contributed by atoms with van der Waals surface area (Å²) in [4.78, 5) is 29.9. The number of hydrogen-bond donors (Lipinski definition) is 0. The highest BCUT2D eigenvalue weighted by Crippen LogP contribution is 2.15. The lowest BCUT2D eigenvalue weighted by atomic mass is 10.1. The Balaban J connectivity index is 1.53. The van der Waals surface area contributed by atoms with Crippen molar-refractivity contribution in [3.05, 3.63) is 35.4 Å². The van der Waals surface area contributed by atoms with Gasteiger partial charge in [-0.25, -0.2) is 0 Å². The van der Waals surface area contributed by atoms with Crippen molar-refractivity contribution in [1.82, 2.24) is 14.7 Å². The third-order valence-corrected chi connectivity index (χ3v) is 4.82. The van der Waals surface area contributed by atoms with Crippen molar-refractivity contribution in [3.63, 3.8) is 0 Å². The highest BCUT2D eigenvalue weighted by atomic mass is 16.2. The Bertz CT molecular complexity index is 556. The Morgan fingerprint density at radius 3 is 2.04 bits per heavy atom. The van der Waals surface area contributed by atoms with E-state index in [0.29, 0.717) is 0 Å². The minimum atomic E-state index is 0.157. The lowest BCUT2D eigenvalue weighted by Crippen LogP contribution is -2.47. The van der Waals surface area contributed by atoms with Crippen LogP contribution in [-0.2, 0) is 11.3 Å². The van der Waals surface area contributed by atoms with Crippen LogP contribution in [0.2, 0.25) is 0 Å². The Morgan fingerprint density at radius 1 is 0.870 bits per heavy atom. The summed E-state index contributed by atoms with van der Waals surface area (Å²) in [5.41, 5.74) is 2.01. The second-order valence-electron chi connectivity index (χ2n) is 6.48. The SMILES string of the molecule is CC(=O)N1CCN(Cc2ccc(C(=O)N3CCCC3)cc2)CC1. The number of carbonyl (C=O) groups is 2. The summed E-state index contributed by atoms with van der Waals surface area (Å²) < 4.78 is 0. The Hall–Kier alpha value is -1.88. The second kappa shape index (κ2) is 7.13. The van der Waals surface area contributed by atoms with Crippen LogP contribution in [0.25, 0.3) is 0 Å². The van der Waals surface area contributed by atoms with Crippen molar-refractivity contribution < 1.29 is 9.59 Å². The normalized spacial score (nSPS) is 19.2. The van der Waals surface area contributed by atoms with Crippen molar-refractivity contribution in [1.29, 1.82) is 0 Å². The molecule has 2 fully saturated rings. The molecule has 0 unspecified atom stereocenters. The highest BCUT2D eigenvalue weighted by molar-refractivity contribution is 5.94. The molecule has 124 valence electrons. The van der Waals surface area contributed by atoms with Crippen LogP contribution in [0.3, 0.4) is 0 Å². The molecule has 0 aliphatic carbocycles. The van der Waals surface area contributed by atoms with E-state index >= 15 is 0 Å². The molecule has 2 heterocycles. The number of rotatable bonds is 3. The zero-order valence-corrected chi connectivity index (χ0v) is 13.8. The molecule has 0 spiro atoms. The van der Waals surface area contributed by atoms with Gasteiger partial charge in [-0.2, -0.15) is 0 Å². The van der Waals surface area contributed by atoms with Gasteiger partial charge in [0.1, 0.15) is 0 Å². The van der Waals surface area contributed by atoms with Crippen molar-refractivity contribution in [2.24, 2.45) is 0 Å². The molecule has 1 aromatic carbocycles. The van der Waals surface area contributed by atoms with E-state index in [2.05, 4.69) is 17.0 Å². The summed E-state index contributed by atoms with van der Waals surface area (Å²) >= 11 is 0. The first-order chi connectivity index (χ1) is 11.1. The predicted molar refractivity (Wildman–Crippen MR) is 89.1 cm³/mol. The summed E-state index contributed by atoms with van der Waals surface area (Å²) in [7, 11) is 0. The van der Waals surface area contributed by atoms with Crippen molar-refractivity contribution in [2.75, 3.05) is 39.3 Å². The van der Waals surface area contributed by atoms with E-state index in [4.69, 9.17) is 0 Å². The van der Waals surface area contributed by atoms with E-state index in [-0.39, 0.29) is 11.8 Å². The summed E-state index contributed by atoms with van der Waals surface area (Å²) in [6.07, 6.45) is 2.24. The molecular weight excluding hydrogens is 290 g/mol. The zero-order valence-electron chi connectivity index (χ0n) is 13.8. The summed E-state index contributed by atoms with van der Waals surface area (Å²) in [5.74, 6) is 0.318. The first-order valence-electron chi connectivity index (χ1n) is 8.49. The van der Waals surface area contributed by atoms with Crippen LogP contribution in [-0.4, -0.2) is 65.8 Å². The molecule has 3 rings (SSSR count). The average molecular weight is 315 g/mol. The molecule has 23 heavy (non-hydrogen) atoms. The van der Waals surface area contributed by atoms with E-state index in [1.165, 1.54) is 5.56 Å². The van der Waals surface area contributed by atoms with Crippen LogP contribution in [0.4, 0.5) is 0 Å². The molecule has 2 aliphatic heterocycles. The lowest BCUT2D eigenvalue weighted by molar-refractivity contribution is -0.130. The van der Waals surface area contributed by atoms with Gasteiger partial charge >= 0.3 is 0 Å². The van der Waals surface area contributed by atoms with Crippen LogP contribution in [0.5, 0.6) is 0 Å². The van der Waals surface area contributed by atoms with Gasteiger partial charge in [0, 0.05) is 58.3 Å². The van der Waals surface area contributed by atoms with Gasteiger partial charge in [-0.1, -0.05) is 12.1 Å². The van der Waals surface area contributed by atoms with Gasteiger partial charge in [0.2, 0.25) is 5.91 Å². The number of hydrogen-bond acceptors (Lipinski definition) is 3. The Morgan fingerprint density at radius 2 is 1.48 bits per heavy atom. The van der Waals surface area contributed by atoms with Gasteiger partial charge in [0.15, 0.2) is 0 Å². The minimum Gasteiger partial charge on any atom is -0.340 e. The molecule has 0 atom stereocenters. The number of piperazine rings is 1. The highest BCUT2D eigenvalue weighted by Gasteiger charge is 2.20. The van der Waals surface area contributed by atoms with E-state index in [0.717, 1.165) is 64.2 Å². The van der Waals surface area contributed by atoms with Gasteiger partial charge in [0.05, 0.1) is 0 Å². The first kappa shape index (κ1) is 16.0. The number of nitrogens with zero attached hydrogens (tertiary/aromatic N) is 3. The second-order valence-corrected chi connectivity index (χ2v) is 6.48. The molecule has 2 aliphatic rings. The number of carbonyl (C=O) groups excluding carboxylic acids is 2. The van der Waals surface area contributed by atoms with Crippen LogP contribution >= 0.6 is 0 Å². The molecule has 5 nitrogen and oxygen atoms in total. The number of amides is 2. The van der Waals surface area contributed by atoms with E-state index < -0.39 is 0 Å². The molecule has 0 N–H and O–H groups in total. The third kappa shape index (κ3) is 3.91. The maximum Gasteiger partial charge on any atom is 0.253 e. The fourth-order valence-electron chi connectivity index (χ4n) is 3.33. The number of likely N-dealkylation sites (tertiary alicyclic amines) is 1. The van der Waals surface area contributed by atoms with E-state index in [1.807, 2.05) is 21.9 Å². The topological polar surface area (TPSA) is 43.9 Å². The van der Waals surface area contributed by atoms with Crippen LogP contribution in [0.1, 0.15) is 35.7 Å². The van der Waals surface area contributed by atoms with E-state index in [9.17, 15) is 9.59 Å². The zero-order chi connectivity index (χ0) is 16.2. The van der Waals surface area contributed by atoms with Gasteiger partial charge < -0.3 is 9.80 Å². The molecule has 2 amide bonds. The van der Waals surface area contributed by atoms with Gasteiger partial charge in [-0.05, 0) is 30.5 Å².